The molecule has 2 aromatic carbocycles. The summed E-state index contributed by atoms with van der Waals surface area (Å²) in [6, 6.07) is 15.6. The molecule has 0 unspecified atom stereocenters. The van der Waals surface area contributed by atoms with Gasteiger partial charge in [-0.2, -0.15) is 0 Å². The van der Waals surface area contributed by atoms with Crippen molar-refractivity contribution in [3.8, 4) is 0 Å². The normalized spacial score (nSPS) is 14.2. The number of halogens is 1. The van der Waals surface area contributed by atoms with Crippen LogP contribution >= 0.6 is 15.9 Å². The van der Waals surface area contributed by atoms with Crippen LogP contribution in [-0.2, 0) is 16.1 Å². The summed E-state index contributed by atoms with van der Waals surface area (Å²) in [5.41, 5.74) is 2.85. The van der Waals surface area contributed by atoms with Gasteiger partial charge in [0.1, 0.15) is 6.61 Å². The number of carbonyl (C=O) groups excluding carboxylic acids is 1. The largest absolute Gasteiger partial charge is 0.444 e. The predicted molar refractivity (Wildman–Crippen MR) is 92.6 cm³/mol. The summed E-state index contributed by atoms with van der Waals surface area (Å²) < 4.78 is 11.7. The van der Waals surface area contributed by atoms with Crippen LogP contribution < -0.4 is 4.90 Å². The molecule has 4 nitrogen and oxygen atoms in total. The molecule has 0 radical (unpaired) electrons. The maximum absolute atomic E-state index is 12.6. The average Bonchev–Trinajstić information content (AvgIpc) is 2.50. The maximum Gasteiger partial charge on any atom is 0.415 e. The molecule has 0 aliphatic carbocycles. The average molecular weight is 376 g/mol. The fraction of sp³-hybridized carbons (Fsp3) is 0.278. The van der Waals surface area contributed by atoms with E-state index in [0.717, 1.165) is 21.3 Å². The summed E-state index contributed by atoms with van der Waals surface area (Å²) in [5, 5.41) is 0. The number of hydrogen-bond donors (Lipinski definition) is 0. The molecule has 0 aromatic heterocycles. The van der Waals surface area contributed by atoms with Gasteiger partial charge in [-0.05, 0) is 36.2 Å². The minimum absolute atomic E-state index is 0.0261. The molecule has 0 N–H and O–H groups in total. The first-order chi connectivity index (χ1) is 11.1. The van der Waals surface area contributed by atoms with E-state index in [1.165, 1.54) is 0 Å². The van der Waals surface area contributed by atoms with Crippen LogP contribution in [-0.4, -0.2) is 25.3 Å². The second-order valence-electron chi connectivity index (χ2n) is 5.53. The standard InChI is InChI=1S/C18H18BrNO3/c1-13-9-15(19)7-8-17(13)20(16-11-22-12-16)18(21)23-10-14-5-3-2-4-6-14/h2-9,16H,10-12H2,1H3. The van der Waals surface area contributed by atoms with Gasteiger partial charge in [0.15, 0.2) is 0 Å². The van der Waals surface area contributed by atoms with E-state index in [9.17, 15) is 4.79 Å². The second kappa shape index (κ2) is 7.15. The van der Waals surface area contributed by atoms with Crippen LogP contribution in [0.2, 0.25) is 0 Å². The van der Waals surface area contributed by atoms with E-state index in [2.05, 4.69) is 15.9 Å². The molecule has 0 bridgehead atoms. The van der Waals surface area contributed by atoms with Crippen molar-refractivity contribution in [1.82, 2.24) is 0 Å². The van der Waals surface area contributed by atoms with Crippen molar-refractivity contribution in [1.29, 1.82) is 0 Å². The molecule has 1 fully saturated rings. The fourth-order valence-electron chi connectivity index (χ4n) is 2.49. The Labute approximate surface area is 144 Å². The quantitative estimate of drug-likeness (QED) is 0.799. The molecule has 1 aliphatic rings. The molecule has 2 aromatic rings. The van der Waals surface area contributed by atoms with E-state index in [1.54, 1.807) is 4.90 Å². The summed E-state index contributed by atoms with van der Waals surface area (Å²) in [4.78, 5) is 14.3. The number of carbonyl (C=O) groups is 1. The monoisotopic (exact) mass is 375 g/mol. The zero-order valence-corrected chi connectivity index (χ0v) is 14.5. The summed E-state index contributed by atoms with van der Waals surface area (Å²) in [6.45, 7) is 3.32. The van der Waals surface area contributed by atoms with Crippen molar-refractivity contribution in [2.45, 2.75) is 19.6 Å². The Bertz CT molecular complexity index is 686. The van der Waals surface area contributed by atoms with Crippen LogP contribution in [0.25, 0.3) is 0 Å². The van der Waals surface area contributed by atoms with Gasteiger partial charge >= 0.3 is 6.09 Å². The third kappa shape index (κ3) is 3.74. The number of nitrogens with zero attached hydrogens (tertiary/aromatic N) is 1. The third-order valence-electron chi connectivity index (χ3n) is 3.81. The number of ether oxygens (including phenoxy) is 2. The van der Waals surface area contributed by atoms with Crippen molar-refractivity contribution < 1.29 is 14.3 Å². The minimum Gasteiger partial charge on any atom is -0.444 e. The summed E-state index contributed by atoms with van der Waals surface area (Å²) in [5.74, 6) is 0. The number of aryl methyl sites for hydroxylation is 1. The lowest BCUT2D eigenvalue weighted by Crippen LogP contribution is -2.52. The van der Waals surface area contributed by atoms with Gasteiger partial charge in [-0.3, -0.25) is 4.90 Å². The molecular weight excluding hydrogens is 358 g/mol. The highest BCUT2D eigenvalue weighted by molar-refractivity contribution is 9.10. The van der Waals surface area contributed by atoms with E-state index >= 15 is 0 Å². The van der Waals surface area contributed by atoms with E-state index in [1.807, 2.05) is 55.5 Å². The number of amides is 1. The molecule has 3 rings (SSSR count). The Kier molecular flexibility index (Phi) is 4.98. The van der Waals surface area contributed by atoms with E-state index in [4.69, 9.17) is 9.47 Å². The molecule has 1 heterocycles. The smallest absolute Gasteiger partial charge is 0.415 e. The highest BCUT2D eigenvalue weighted by Gasteiger charge is 2.33. The zero-order valence-electron chi connectivity index (χ0n) is 12.9. The fourth-order valence-corrected chi connectivity index (χ4v) is 2.97. The summed E-state index contributed by atoms with van der Waals surface area (Å²) in [7, 11) is 0. The number of benzene rings is 2. The second-order valence-corrected chi connectivity index (χ2v) is 6.45. The van der Waals surface area contributed by atoms with Crippen molar-refractivity contribution in [3.63, 3.8) is 0 Å². The van der Waals surface area contributed by atoms with E-state index < -0.39 is 0 Å². The molecule has 1 saturated heterocycles. The highest BCUT2D eigenvalue weighted by atomic mass is 79.9. The topological polar surface area (TPSA) is 38.8 Å². The van der Waals surface area contributed by atoms with Gasteiger partial charge in [0, 0.05) is 4.47 Å². The Morgan fingerprint density at radius 2 is 2.00 bits per heavy atom. The maximum atomic E-state index is 12.6. The number of anilines is 1. The van der Waals surface area contributed by atoms with Gasteiger partial charge < -0.3 is 9.47 Å². The summed E-state index contributed by atoms with van der Waals surface area (Å²) in [6.07, 6.45) is -0.340. The number of hydrogen-bond acceptors (Lipinski definition) is 3. The van der Waals surface area contributed by atoms with Gasteiger partial charge in [0.2, 0.25) is 0 Å². The Balaban J connectivity index is 1.77. The van der Waals surface area contributed by atoms with Gasteiger partial charge in [-0.25, -0.2) is 4.79 Å². The van der Waals surface area contributed by atoms with Crippen molar-refractivity contribution in [3.05, 3.63) is 64.1 Å². The first kappa shape index (κ1) is 16.0. The lowest BCUT2D eigenvalue weighted by molar-refractivity contribution is 0.00678. The van der Waals surface area contributed by atoms with E-state index in [0.29, 0.717) is 13.2 Å². The Morgan fingerprint density at radius 3 is 2.61 bits per heavy atom. The van der Waals surface area contributed by atoms with Crippen LogP contribution in [0.4, 0.5) is 10.5 Å². The van der Waals surface area contributed by atoms with Crippen LogP contribution in [0.3, 0.4) is 0 Å². The molecule has 1 aliphatic heterocycles. The van der Waals surface area contributed by atoms with Crippen molar-refractivity contribution >= 4 is 27.7 Å². The third-order valence-corrected chi connectivity index (χ3v) is 4.30. The van der Waals surface area contributed by atoms with Gasteiger partial charge in [-0.15, -0.1) is 0 Å². The van der Waals surface area contributed by atoms with Crippen LogP contribution in [0, 0.1) is 6.92 Å². The predicted octanol–water partition coefficient (Wildman–Crippen LogP) is 4.30. The molecule has 0 atom stereocenters. The highest BCUT2D eigenvalue weighted by Crippen LogP contribution is 2.28. The molecule has 5 heteroatoms. The summed E-state index contributed by atoms with van der Waals surface area (Å²) >= 11 is 3.45. The molecular formula is C18H18BrNO3. The first-order valence-corrected chi connectivity index (χ1v) is 8.28. The van der Waals surface area contributed by atoms with Gasteiger partial charge in [0.25, 0.3) is 0 Å². The minimum atomic E-state index is -0.340. The van der Waals surface area contributed by atoms with E-state index in [-0.39, 0.29) is 18.7 Å². The molecule has 23 heavy (non-hydrogen) atoms. The Hall–Kier alpha value is -1.85. The molecule has 120 valence electrons. The van der Waals surface area contributed by atoms with Crippen LogP contribution in [0.5, 0.6) is 0 Å². The first-order valence-electron chi connectivity index (χ1n) is 7.49. The Morgan fingerprint density at radius 1 is 1.26 bits per heavy atom. The lowest BCUT2D eigenvalue weighted by Gasteiger charge is -2.37. The van der Waals surface area contributed by atoms with Crippen molar-refractivity contribution in [2.24, 2.45) is 0 Å². The van der Waals surface area contributed by atoms with Crippen molar-refractivity contribution in [2.75, 3.05) is 18.1 Å². The SMILES string of the molecule is Cc1cc(Br)ccc1N(C(=O)OCc1ccccc1)C1COC1. The molecule has 0 spiro atoms. The van der Waals surface area contributed by atoms with Crippen LogP contribution in [0.1, 0.15) is 11.1 Å². The molecule has 0 saturated carbocycles. The molecule has 1 amide bonds. The van der Waals surface area contributed by atoms with Gasteiger partial charge in [-0.1, -0.05) is 46.3 Å². The number of rotatable bonds is 4. The lowest BCUT2D eigenvalue weighted by atomic mass is 10.1. The van der Waals surface area contributed by atoms with Crippen LogP contribution in [0.15, 0.2) is 53.0 Å². The zero-order chi connectivity index (χ0) is 16.2. The van der Waals surface area contributed by atoms with Gasteiger partial charge in [0.05, 0.1) is 24.9 Å².